The molecule has 5 N–H and O–H groups in total. The molecule has 0 spiro atoms. The molecular formula is C11H18N4O3. The molecule has 1 aromatic heterocycles. The second-order valence-electron chi connectivity index (χ2n) is 4.62. The number of aliphatic hydroxyl groups is 1. The van der Waals surface area contributed by atoms with Crippen LogP contribution in [0, 0.1) is 0 Å². The van der Waals surface area contributed by atoms with Crippen LogP contribution in [0.1, 0.15) is 48.2 Å². The van der Waals surface area contributed by atoms with Gasteiger partial charge in [0.15, 0.2) is 5.69 Å². The van der Waals surface area contributed by atoms with Crippen LogP contribution in [0.3, 0.4) is 0 Å². The van der Waals surface area contributed by atoms with Crippen molar-refractivity contribution < 1.29 is 14.7 Å². The Morgan fingerprint density at radius 3 is 2.61 bits per heavy atom. The first kappa shape index (κ1) is 14.2. The lowest BCUT2D eigenvalue weighted by Gasteiger charge is -2.28. The summed E-state index contributed by atoms with van der Waals surface area (Å²) in [6.45, 7) is 5.08. The monoisotopic (exact) mass is 254 g/mol. The van der Waals surface area contributed by atoms with Crippen molar-refractivity contribution in [2.75, 3.05) is 0 Å². The number of rotatable bonds is 5. The van der Waals surface area contributed by atoms with Gasteiger partial charge in [0.05, 0.1) is 11.6 Å². The van der Waals surface area contributed by atoms with Gasteiger partial charge in [0.2, 0.25) is 0 Å². The van der Waals surface area contributed by atoms with Crippen LogP contribution in [0.5, 0.6) is 0 Å². The van der Waals surface area contributed by atoms with Crippen molar-refractivity contribution in [3.63, 3.8) is 0 Å². The van der Waals surface area contributed by atoms with Gasteiger partial charge in [-0.1, -0.05) is 6.92 Å². The normalized spacial score (nSPS) is 13.1. The zero-order chi connectivity index (χ0) is 13.9. The Balaban J connectivity index is 2.78. The molecule has 1 unspecified atom stereocenters. The van der Waals surface area contributed by atoms with E-state index in [0.29, 0.717) is 6.42 Å². The first-order valence-corrected chi connectivity index (χ1v) is 5.64. The summed E-state index contributed by atoms with van der Waals surface area (Å²) in [5.41, 5.74) is 4.13. The zero-order valence-electron chi connectivity index (χ0n) is 10.7. The van der Waals surface area contributed by atoms with Crippen LogP contribution in [-0.2, 0) is 0 Å². The third-order valence-corrected chi connectivity index (χ3v) is 2.64. The number of nitrogens with two attached hydrogens (primary N) is 1. The van der Waals surface area contributed by atoms with E-state index in [0.717, 1.165) is 0 Å². The molecule has 18 heavy (non-hydrogen) atoms. The largest absolute Gasteiger partial charge is 0.388 e. The van der Waals surface area contributed by atoms with Gasteiger partial charge in [-0.2, -0.15) is 5.10 Å². The van der Waals surface area contributed by atoms with Gasteiger partial charge in [-0.15, -0.1) is 0 Å². The van der Waals surface area contributed by atoms with Crippen LogP contribution >= 0.6 is 0 Å². The SMILES string of the molecule is CCC(NC(=O)c1cc(C(N)=O)n[nH]1)C(C)(C)O. The Kier molecular flexibility index (Phi) is 4.07. The summed E-state index contributed by atoms with van der Waals surface area (Å²) >= 11 is 0. The highest BCUT2D eigenvalue weighted by Crippen LogP contribution is 2.12. The van der Waals surface area contributed by atoms with Crippen molar-refractivity contribution in [3.05, 3.63) is 17.5 Å². The second kappa shape index (κ2) is 5.18. The Labute approximate surface area is 105 Å². The van der Waals surface area contributed by atoms with Crippen LogP contribution in [0.2, 0.25) is 0 Å². The van der Waals surface area contributed by atoms with E-state index in [2.05, 4.69) is 15.5 Å². The number of aromatic nitrogens is 2. The molecule has 0 aromatic carbocycles. The molecule has 0 bridgehead atoms. The molecule has 0 aliphatic rings. The molecule has 7 nitrogen and oxygen atoms in total. The van der Waals surface area contributed by atoms with E-state index < -0.39 is 23.5 Å². The molecule has 0 radical (unpaired) electrons. The number of hydrogen-bond acceptors (Lipinski definition) is 4. The molecule has 7 heteroatoms. The van der Waals surface area contributed by atoms with E-state index >= 15 is 0 Å². The number of carbonyl (C=O) groups excluding carboxylic acids is 2. The predicted octanol–water partition coefficient (Wildman–Crippen LogP) is -0.212. The quantitative estimate of drug-likeness (QED) is 0.580. The zero-order valence-corrected chi connectivity index (χ0v) is 10.7. The van der Waals surface area contributed by atoms with Gasteiger partial charge in [-0.25, -0.2) is 0 Å². The molecule has 0 aliphatic heterocycles. The summed E-state index contributed by atoms with van der Waals surface area (Å²) in [6.07, 6.45) is 0.575. The van der Waals surface area contributed by atoms with E-state index in [9.17, 15) is 14.7 Å². The molecule has 1 rings (SSSR count). The van der Waals surface area contributed by atoms with Crippen LogP contribution < -0.4 is 11.1 Å². The summed E-state index contributed by atoms with van der Waals surface area (Å²) in [4.78, 5) is 22.7. The Hall–Kier alpha value is -1.89. The van der Waals surface area contributed by atoms with Gasteiger partial charge in [-0.3, -0.25) is 14.7 Å². The molecule has 0 aliphatic carbocycles. The minimum Gasteiger partial charge on any atom is -0.388 e. The van der Waals surface area contributed by atoms with E-state index in [1.165, 1.54) is 6.07 Å². The van der Waals surface area contributed by atoms with Crippen LogP contribution in [0.25, 0.3) is 0 Å². The van der Waals surface area contributed by atoms with Gasteiger partial charge in [0.1, 0.15) is 5.69 Å². The fourth-order valence-electron chi connectivity index (χ4n) is 1.58. The number of hydrogen-bond donors (Lipinski definition) is 4. The number of H-pyrrole nitrogens is 1. The molecular weight excluding hydrogens is 236 g/mol. The average molecular weight is 254 g/mol. The maximum atomic E-state index is 11.9. The maximum Gasteiger partial charge on any atom is 0.269 e. The number of nitrogens with zero attached hydrogens (tertiary/aromatic N) is 1. The van der Waals surface area contributed by atoms with Crippen molar-refractivity contribution in [1.29, 1.82) is 0 Å². The van der Waals surface area contributed by atoms with Crippen LogP contribution in [0.4, 0.5) is 0 Å². The molecule has 100 valence electrons. The van der Waals surface area contributed by atoms with Gasteiger partial charge >= 0.3 is 0 Å². The minimum absolute atomic E-state index is 0.00328. The Morgan fingerprint density at radius 2 is 2.22 bits per heavy atom. The lowest BCUT2D eigenvalue weighted by Crippen LogP contribution is -2.48. The minimum atomic E-state index is -1.03. The maximum absolute atomic E-state index is 11.9. The highest BCUT2D eigenvalue weighted by Gasteiger charge is 2.27. The lowest BCUT2D eigenvalue weighted by atomic mass is 9.96. The number of aromatic amines is 1. The van der Waals surface area contributed by atoms with Crippen molar-refractivity contribution in [3.8, 4) is 0 Å². The summed E-state index contributed by atoms with van der Waals surface area (Å²) in [5, 5.41) is 18.5. The molecule has 0 saturated heterocycles. The smallest absolute Gasteiger partial charge is 0.269 e. The highest BCUT2D eigenvalue weighted by atomic mass is 16.3. The predicted molar refractivity (Wildman–Crippen MR) is 64.9 cm³/mol. The standard InChI is InChI=1S/C11H18N4O3/c1-4-8(11(2,3)18)13-10(17)7-5-6(9(12)16)14-15-7/h5,8,18H,4H2,1-3H3,(H2,12,16)(H,13,17)(H,14,15). The van der Waals surface area contributed by atoms with E-state index in [1.807, 2.05) is 6.92 Å². The summed E-state index contributed by atoms with van der Waals surface area (Å²) < 4.78 is 0. The molecule has 0 fully saturated rings. The van der Waals surface area contributed by atoms with E-state index in [4.69, 9.17) is 5.73 Å². The van der Waals surface area contributed by atoms with Crippen LogP contribution in [-0.4, -0.2) is 38.8 Å². The first-order chi connectivity index (χ1) is 8.25. The molecule has 1 aromatic rings. The van der Waals surface area contributed by atoms with Crippen molar-refractivity contribution >= 4 is 11.8 Å². The fourth-order valence-corrected chi connectivity index (χ4v) is 1.58. The second-order valence-corrected chi connectivity index (χ2v) is 4.62. The van der Waals surface area contributed by atoms with Gasteiger partial charge in [-0.05, 0) is 20.3 Å². The third kappa shape index (κ3) is 3.30. The van der Waals surface area contributed by atoms with Gasteiger partial charge in [0, 0.05) is 6.07 Å². The van der Waals surface area contributed by atoms with E-state index in [1.54, 1.807) is 13.8 Å². The number of primary amides is 1. The first-order valence-electron chi connectivity index (χ1n) is 5.64. The summed E-state index contributed by atoms with van der Waals surface area (Å²) in [6, 6.07) is 0.875. The number of nitrogens with one attached hydrogen (secondary N) is 2. The van der Waals surface area contributed by atoms with Crippen molar-refractivity contribution in [1.82, 2.24) is 15.5 Å². The van der Waals surface area contributed by atoms with Gasteiger partial charge in [0.25, 0.3) is 11.8 Å². The van der Waals surface area contributed by atoms with Gasteiger partial charge < -0.3 is 16.2 Å². The molecule has 2 amide bonds. The molecule has 1 heterocycles. The molecule has 0 saturated carbocycles. The lowest BCUT2D eigenvalue weighted by molar-refractivity contribution is 0.0336. The fraction of sp³-hybridized carbons (Fsp3) is 0.545. The number of amides is 2. The summed E-state index contributed by atoms with van der Waals surface area (Å²) in [7, 11) is 0. The van der Waals surface area contributed by atoms with E-state index in [-0.39, 0.29) is 11.4 Å². The van der Waals surface area contributed by atoms with Crippen LogP contribution in [0.15, 0.2) is 6.07 Å². The molecule has 1 atom stereocenters. The van der Waals surface area contributed by atoms with Crippen molar-refractivity contribution in [2.24, 2.45) is 5.73 Å². The topological polar surface area (TPSA) is 121 Å². The average Bonchev–Trinajstić information content (AvgIpc) is 2.73. The van der Waals surface area contributed by atoms with Crippen molar-refractivity contribution in [2.45, 2.75) is 38.8 Å². The Bertz CT molecular complexity index is 447. The third-order valence-electron chi connectivity index (χ3n) is 2.64. The summed E-state index contributed by atoms with van der Waals surface area (Å²) in [5.74, 6) is -1.15. The highest BCUT2D eigenvalue weighted by molar-refractivity contribution is 5.97. The Morgan fingerprint density at radius 1 is 1.61 bits per heavy atom. The number of carbonyl (C=O) groups is 2.